The molecular weight excluding hydrogens is 232 g/mol. The first kappa shape index (κ1) is 14.3. The lowest BCUT2D eigenvalue weighted by atomic mass is 10.1. The molecule has 0 fully saturated rings. The number of hydrogen-bond acceptors (Lipinski definition) is 4. The van der Waals surface area contributed by atoms with Crippen LogP contribution in [0.25, 0.3) is 0 Å². The van der Waals surface area contributed by atoms with E-state index in [4.69, 9.17) is 10.5 Å². The number of nitrogens with two attached hydrogens (primary N) is 1. The molecule has 0 saturated heterocycles. The summed E-state index contributed by atoms with van der Waals surface area (Å²) < 4.78 is 5.10. The number of rotatable bonds is 2. The van der Waals surface area contributed by atoms with Gasteiger partial charge in [0.15, 0.2) is 0 Å². The summed E-state index contributed by atoms with van der Waals surface area (Å²) in [4.78, 5) is 11.6. The standard InChI is InChI=1S/C13H20N2O3/c1-8(14)9-5-6-11(16)10(7-9)15-12(17)18-13(2,3)4/h5-8,16H,14H2,1-4H3,(H,15,17)/t8-/m1/s1. The highest BCUT2D eigenvalue weighted by Gasteiger charge is 2.17. The van der Waals surface area contributed by atoms with Crippen molar-refractivity contribution in [3.63, 3.8) is 0 Å². The summed E-state index contributed by atoms with van der Waals surface area (Å²) in [5.41, 5.74) is 6.26. The van der Waals surface area contributed by atoms with E-state index in [0.29, 0.717) is 5.69 Å². The summed E-state index contributed by atoms with van der Waals surface area (Å²) in [6.45, 7) is 7.13. The van der Waals surface area contributed by atoms with Gasteiger partial charge < -0.3 is 15.6 Å². The number of carbonyl (C=O) groups excluding carboxylic acids is 1. The van der Waals surface area contributed by atoms with Gasteiger partial charge in [0.1, 0.15) is 11.4 Å². The fraction of sp³-hybridized carbons (Fsp3) is 0.462. The van der Waals surface area contributed by atoms with Crippen LogP contribution in [0.15, 0.2) is 18.2 Å². The van der Waals surface area contributed by atoms with Gasteiger partial charge in [-0.2, -0.15) is 0 Å². The molecule has 0 aromatic heterocycles. The molecular formula is C13H20N2O3. The molecule has 0 bridgehead atoms. The van der Waals surface area contributed by atoms with Crippen molar-refractivity contribution in [3.05, 3.63) is 23.8 Å². The van der Waals surface area contributed by atoms with Crippen LogP contribution >= 0.6 is 0 Å². The van der Waals surface area contributed by atoms with E-state index in [1.165, 1.54) is 6.07 Å². The third kappa shape index (κ3) is 4.25. The molecule has 18 heavy (non-hydrogen) atoms. The average Bonchev–Trinajstić information content (AvgIpc) is 2.18. The van der Waals surface area contributed by atoms with Gasteiger partial charge in [0, 0.05) is 6.04 Å². The van der Waals surface area contributed by atoms with Crippen LogP contribution in [-0.2, 0) is 4.74 Å². The number of amides is 1. The van der Waals surface area contributed by atoms with Gasteiger partial charge in [0.05, 0.1) is 5.69 Å². The van der Waals surface area contributed by atoms with Crippen LogP contribution in [0.5, 0.6) is 5.75 Å². The van der Waals surface area contributed by atoms with Crippen molar-refractivity contribution in [2.75, 3.05) is 5.32 Å². The normalized spacial score (nSPS) is 12.9. The van der Waals surface area contributed by atoms with E-state index in [2.05, 4.69) is 5.32 Å². The summed E-state index contributed by atoms with van der Waals surface area (Å²) >= 11 is 0. The minimum atomic E-state index is -0.611. The molecule has 0 radical (unpaired) electrons. The molecule has 1 atom stereocenters. The van der Waals surface area contributed by atoms with Crippen LogP contribution in [0.4, 0.5) is 10.5 Å². The minimum Gasteiger partial charge on any atom is -0.506 e. The first-order valence-electron chi connectivity index (χ1n) is 5.77. The van der Waals surface area contributed by atoms with Crippen molar-refractivity contribution < 1.29 is 14.6 Å². The predicted molar refractivity (Wildman–Crippen MR) is 70.6 cm³/mol. The molecule has 0 aliphatic carbocycles. The largest absolute Gasteiger partial charge is 0.506 e. The van der Waals surface area contributed by atoms with Gasteiger partial charge in [0.25, 0.3) is 0 Å². The van der Waals surface area contributed by atoms with E-state index >= 15 is 0 Å². The summed E-state index contributed by atoms with van der Waals surface area (Å²) in [5, 5.41) is 12.1. The van der Waals surface area contributed by atoms with Gasteiger partial charge in [-0.1, -0.05) is 6.07 Å². The lowest BCUT2D eigenvalue weighted by Gasteiger charge is -2.20. The summed E-state index contributed by atoms with van der Waals surface area (Å²) in [6.07, 6.45) is -0.611. The number of nitrogens with one attached hydrogen (secondary N) is 1. The molecule has 0 saturated carbocycles. The molecule has 0 unspecified atom stereocenters. The Hall–Kier alpha value is -1.75. The third-order valence-electron chi connectivity index (χ3n) is 2.18. The van der Waals surface area contributed by atoms with Crippen LogP contribution in [0.1, 0.15) is 39.3 Å². The number of ether oxygens (including phenoxy) is 1. The topological polar surface area (TPSA) is 84.6 Å². The highest BCUT2D eigenvalue weighted by molar-refractivity contribution is 5.87. The molecule has 4 N–H and O–H groups in total. The number of hydrogen-bond donors (Lipinski definition) is 3. The number of anilines is 1. The van der Waals surface area contributed by atoms with E-state index < -0.39 is 11.7 Å². The van der Waals surface area contributed by atoms with Crippen LogP contribution in [0.3, 0.4) is 0 Å². The molecule has 100 valence electrons. The molecule has 0 aliphatic rings. The van der Waals surface area contributed by atoms with E-state index in [1.54, 1.807) is 32.9 Å². The summed E-state index contributed by atoms with van der Waals surface area (Å²) in [7, 11) is 0. The van der Waals surface area contributed by atoms with Gasteiger partial charge in [-0.05, 0) is 45.4 Å². The molecule has 5 nitrogen and oxygen atoms in total. The van der Waals surface area contributed by atoms with Crippen molar-refractivity contribution in [2.45, 2.75) is 39.3 Å². The second-order valence-electron chi connectivity index (χ2n) is 5.19. The second-order valence-corrected chi connectivity index (χ2v) is 5.19. The van der Waals surface area contributed by atoms with Crippen LogP contribution < -0.4 is 11.1 Å². The monoisotopic (exact) mass is 252 g/mol. The Kier molecular flexibility index (Phi) is 4.19. The lowest BCUT2D eigenvalue weighted by Crippen LogP contribution is -2.27. The average molecular weight is 252 g/mol. The molecule has 1 aromatic carbocycles. The highest BCUT2D eigenvalue weighted by atomic mass is 16.6. The second kappa shape index (κ2) is 5.27. The first-order chi connectivity index (χ1) is 8.19. The van der Waals surface area contributed by atoms with Crippen molar-refractivity contribution in [2.24, 2.45) is 5.73 Å². The highest BCUT2D eigenvalue weighted by Crippen LogP contribution is 2.26. The Balaban J connectivity index is 2.84. The zero-order chi connectivity index (χ0) is 13.9. The zero-order valence-electron chi connectivity index (χ0n) is 11.2. The third-order valence-corrected chi connectivity index (χ3v) is 2.18. The van der Waals surface area contributed by atoms with Crippen LogP contribution in [-0.4, -0.2) is 16.8 Å². The van der Waals surface area contributed by atoms with Gasteiger partial charge in [-0.3, -0.25) is 5.32 Å². The maximum absolute atomic E-state index is 11.6. The molecule has 5 heteroatoms. The molecule has 1 amide bonds. The van der Waals surface area contributed by atoms with Gasteiger partial charge in [-0.15, -0.1) is 0 Å². The zero-order valence-corrected chi connectivity index (χ0v) is 11.2. The van der Waals surface area contributed by atoms with E-state index in [-0.39, 0.29) is 11.8 Å². The summed E-state index contributed by atoms with van der Waals surface area (Å²) in [5.74, 6) is -0.0229. The number of phenols is 1. The van der Waals surface area contributed by atoms with Gasteiger partial charge in [0.2, 0.25) is 0 Å². The summed E-state index contributed by atoms with van der Waals surface area (Å²) in [6, 6.07) is 4.65. The van der Waals surface area contributed by atoms with E-state index in [9.17, 15) is 9.90 Å². The van der Waals surface area contributed by atoms with Gasteiger partial charge >= 0.3 is 6.09 Å². The Morgan fingerprint density at radius 3 is 2.56 bits per heavy atom. The predicted octanol–water partition coefficient (Wildman–Crippen LogP) is 2.76. The quantitative estimate of drug-likeness (QED) is 0.706. The smallest absolute Gasteiger partial charge is 0.412 e. The number of benzene rings is 1. The molecule has 0 spiro atoms. The Labute approximate surface area is 107 Å². The van der Waals surface area contributed by atoms with Crippen molar-refractivity contribution in [3.8, 4) is 5.75 Å². The fourth-order valence-corrected chi connectivity index (χ4v) is 1.35. The van der Waals surface area contributed by atoms with E-state index in [0.717, 1.165) is 5.56 Å². The van der Waals surface area contributed by atoms with Crippen LogP contribution in [0.2, 0.25) is 0 Å². The maximum Gasteiger partial charge on any atom is 0.412 e. The van der Waals surface area contributed by atoms with Crippen LogP contribution in [0, 0.1) is 0 Å². The molecule has 0 heterocycles. The minimum absolute atomic E-state index is 0.0229. The van der Waals surface area contributed by atoms with E-state index in [1.807, 2.05) is 6.92 Å². The lowest BCUT2D eigenvalue weighted by molar-refractivity contribution is 0.0635. The number of phenolic OH excluding ortho intramolecular Hbond substituents is 1. The fourth-order valence-electron chi connectivity index (χ4n) is 1.35. The Bertz CT molecular complexity index is 436. The first-order valence-corrected chi connectivity index (χ1v) is 5.77. The molecule has 0 aliphatic heterocycles. The molecule has 1 rings (SSSR count). The van der Waals surface area contributed by atoms with Crippen molar-refractivity contribution in [1.82, 2.24) is 0 Å². The number of aromatic hydroxyl groups is 1. The van der Waals surface area contributed by atoms with Crippen molar-refractivity contribution >= 4 is 11.8 Å². The Morgan fingerprint density at radius 1 is 1.44 bits per heavy atom. The van der Waals surface area contributed by atoms with Crippen molar-refractivity contribution in [1.29, 1.82) is 0 Å². The van der Waals surface area contributed by atoms with Gasteiger partial charge in [-0.25, -0.2) is 4.79 Å². The number of carbonyl (C=O) groups is 1. The SMILES string of the molecule is C[C@@H](N)c1ccc(O)c(NC(=O)OC(C)(C)C)c1. The Morgan fingerprint density at radius 2 is 2.06 bits per heavy atom. The maximum atomic E-state index is 11.6. The molecule has 1 aromatic rings.